The molecule has 2 rings (SSSR count). The first-order chi connectivity index (χ1) is 11.7. The number of guanidine groups is 1. The van der Waals surface area contributed by atoms with E-state index in [1.54, 1.807) is 14.2 Å². The summed E-state index contributed by atoms with van der Waals surface area (Å²) in [5.41, 5.74) is 2.39. The van der Waals surface area contributed by atoms with Crippen LogP contribution in [0.2, 0.25) is 0 Å². The van der Waals surface area contributed by atoms with Gasteiger partial charge in [-0.3, -0.25) is 4.99 Å². The largest absolute Gasteiger partial charge is 0.497 e. The molecule has 0 atom stereocenters. The fourth-order valence-electron chi connectivity index (χ4n) is 2.30. The number of aliphatic imine (C=N–C) groups is 1. The highest BCUT2D eigenvalue weighted by Crippen LogP contribution is 2.11. The minimum absolute atomic E-state index is 0. The summed E-state index contributed by atoms with van der Waals surface area (Å²) in [5, 5.41) is 6.65. The van der Waals surface area contributed by atoms with Crippen molar-refractivity contribution in [2.75, 3.05) is 39.2 Å². The molecule has 136 valence electrons. The molecule has 6 heteroatoms. The molecule has 0 saturated carbocycles. The fourth-order valence-corrected chi connectivity index (χ4v) is 2.30. The van der Waals surface area contributed by atoms with E-state index in [0.29, 0.717) is 0 Å². The third-order valence-corrected chi connectivity index (χ3v) is 3.78. The molecule has 0 aliphatic carbocycles. The molecule has 2 aromatic carbocycles. The van der Waals surface area contributed by atoms with Crippen LogP contribution in [0.1, 0.15) is 5.56 Å². The Hall–Kier alpha value is -1.96. The molecular formula is C19H27IN4O. The highest BCUT2D eigenvalue weighted by Gasteiger charge is 2.02. The third-order valence-electron chi connectivity index (χ3n) is 3.78. The average molecular weight is 454 g/mol. The topological polar surface area (TPSA) is 48.9 Å². The van der Waals surface area contributed by atoms with Crippen molar-refractivity contribution >= 4 is 35.6 Å². The lowest BCUT2D eigenvalue weighted by atomic mass is 10.2. The molecule has 0 amide bonds. The van der Waals surface area contributed by atoms with Gasteiger partial charge in [0.2, 0.25) is 0 Å². The number of para-hydroxylation sites is 1. The summed E-state index contributed by atoms with van der Waals surface area (Å²) in [4.78, 5) is 6.47. The normalized spacial score (nSPS) is 10.6. The number of hydrogen-bond acceptors (Lipinski definition) is 3. The maximum absolute atomic E-state index is 5.17. The van der Waals surface area contributed by atoms with E-state index in [1.807, 2.05) is 30.3 Å². The van der Waals surface area contributed by atoms with Gasteiger partial charge in [-0.05, 0) is 29.8 Å². The highest BCUT2D eigenvalue weighted by molar-refractivity contribution is 14.0. The predicted molar refractivity (Wildman–Crippen MR) is 116 cm³/mol. The lowest BCUT2D eigenvalue weighted by Gasteiger charge is -2.20. The van der Waals surface area contributed by atoms with E-state index in [2.05, 4.69) is 51.8 Å². The lowest BCUT2D eigenvalue weighted by Crippen LogP contribution is -2.40. The Bertz CT molecular complexity index is 632. The van der Waals surface area contributed by atoms with Crippen molar-refractivity contribution in [2.45, 2.75) is 6.54 Å². The summed E-state index contributed by atoms with van der Waals surface area (Å²) in [6.07, 6.45) is 0. The zero-order valence-corrected chi connectivity index (χ0v) is 17.4. The van der Waals surface area contributed by atoms with Gasteiger partial charge in [-0.2, -0.15) is 0 Å². The minimum atomic E-state index is 0. The van der Waals surface area contributed by atoms with Gasteiger partial charge in [0.15, 0.2) is 5.96 Å². The van der Waals surface area contributed by atoms with Crippen molar-refractivity contribution in [3.63, 3.8) is 0 Å². The Labute approximate surface area is 167 Å². The molecule has 0 bridgehead atoms. The van der Waals surface area contributed by atoms with Gasteiger partial charge in [-0.1, -0.05) is 30.3 Å². The number of ether oxygens (including phenoxy) is 1. The number of nitrogens with zero attached hydrogens (tertiary/aromatic N) is 2. The number of rotatable bonds is 7. The van der Waals surface area contributed by atoms with Gasteiger partial charge in [0.25, 0.3) is 0 Å². The summed E-state index contributed by atoms with van der Waals surface area (Å²) < 4.78 is 5.17. The Balaban J connectivity index is 0.00000312. The van der Waals surface area contributed by atoms with Crippen molar-refractivity contribution in [1.82, 2.24) is 10.6 Å². The lowest BCUT2D eigenvalue weighted by molar-refractivity contribution is 0.414. The quantitative estimate of drug-likeness (QED) is 0.384. The standard InChI is InChI=1S/C19H26N4O.HI/c1-20-19(22-15-16-9-11-18(24-3)12-10-16)21-13-14-23(2)17-7-5-4-6-8-17;/h4-12H,13-15H2,1-3H3,(H2,20,21,22);1H. The highest BCUT2D eigenvalue weighted by atomic mass is 127. The second-order valence-electron chi connectivity index (χ2n) is 5.46. The Morgan fingerprint density at radius 1 is 1.04 bits per heavy atom. The molecule has 5 nitrogen and oxygen atoms in total. The van der Waals surface area contributed by atoms with Crippen molar-refractivity contribution in [1.29, 1.82) is 0 Å². The maximum Gasteiger partial charge on any atom is 0.191 e. The van der Waals surface area contributed by atoms with E-state index < -0.39 is 0 Å². The van der Waals surface area contributed by atoms with Gasteiger partial charge in [0.05, 0.1) is 7.11 Å². The molecule has 0 saturated heterocycles. The van der Waals surface area contributed by atoms with Gasteiger partial charge >= 0.3 is 0 Å². The Kier molecular flexibility index (Phi) is 9.76. The number of halogens is 1. The summed E-state index contributed by atoms with van der Waals surface area (Å²) in [6.45, 7) is 2.43. The van der Waals surface area contributed by atoms with Crippen molar-refractivity contribution < 1.29 is 4.74 Å². The Morgan fingerprint density at radius 3 is 2.32 bits per heavy atom. The number of anilines is 1. The van der Waals surface area contributed by atoms with Crippen molar-refractivity contribution in [3.05, 3.63) is 60.2 Å². The minimum Gasteiger partial charge on any atom is -0.497 e. The van der Waals surface area contributed by atoms with Crippen LogP contribution in [0.4, 0.5) is 5.69 Å². The van der Waals surface area contributed by atoms with E-state index >= 15 is 0 Å². The van der Waals surface area contributed by atoms with Crippen LogP contribution in [0.25, 0.3) is 0 Å². The average Bonchev–Trinajstić information content (AvgIpc) is 2.65. The van der Waals surface area contributed by atoms with Crippen LogP contribution in [-0.4, -0.2) is 40.3 Å². The zero-order valence-electron chi connectivity index (χ0n) is 15.0. The number of methoxy groups -OCH3 is 1. The van der Waals surface area contributed by atoms with Crippen LogP contribution in [-0.2, 0) is 6.54 Å². The van der Waals surface area contributed by atoms with Gasteiger partial charge in [0.1, 0.15) is 5.75 Å². The molecule has 0 aliphatic heterocycles. The van der Waals surface area contributed by atoms with Gasteiger partial charge in [0, 0.05) is 39.4 Å². The molecule has 2 aromatic rings. The fraction of sp³-hybridized carbons (Fsp3) is 0.316. The van der Waals surface area contributed by atoms with Crippen LogP contribution in [0.15, 0.2) is 59.6 Å². The number of nitrogens with one attached hydrogen (secondary N) is 2. The molecule has 0 aliphatic rings. The first-order valence-corrected chi connectivity index (χ1v) is 8.06. The summed E-state index contributed by atoms with van der Waals surface area (Å²) in [6, 6.07) is 18.4. The smallest absolute Gasteiger partial charge is 0.191 e. The SMILES string of the molecule is CN=C(NCCN(C)c1ccccc1)NCc1ccc(OC)cc1.I. The molecule has 0 spiro atoms. The summed E-state index contributed by atoms with van der Waals surface area (Å²) in [5.74, 6) is 1.66. The zero-order chi connectivity index (χ0) is 17.2. The van der Waals surface area contributed by atoms with Crippen molar-refractivity contribution in [3.8, 4) is 5.75 Å². The van der Waals surface area contributed by atoms with Crippen LogP contribution >= 0.6 is 24.0 Å². The molecule has 2 N–H and O–H groups in total. The van der Waals surface area contributed by atoms with E-state index in [9.17, 15) is 0 Å². The molecule has 0 aromatic heterocycles. The third kappa shape index (κ3) is 7.21. The molecule has 25 heavy (non-hydrogen) atoms. The van der Waals surface area contributed by atoms with Gasteiger partial charge in [-0.25, -0.2) is 0 Å². The maximum atomic E-state index is 5.17. The first-order valence-electron chi connectivity index (χ1n) is 8.06. The van der Waals surface area contributed by atoms with Crippen molar-refractivity contribution in [2.24, 2.45) is 4.99 Å². The summed E-state index contributed by atoms with van der Waals surface area (Å²) in [7, 11) is 5.54. The predicted octanol–water partition coefficient (Wildman–Crippen LogP) is 3.11. The molecule has 0 radical (unpaired) electrons. The van der Waals surface area contributed by atoms with Crippen LogP contribution in [0, 0.1) is 0 Å². The molecule has 0 heterocycles. The van der Waals surface area contributed by atoms with Crippen LogP contribution < -0.4 is 20.3 Å². The molecular weight excluding hydrogens is 427 g/mol. The van der Waals surface area contributed by atoms with E-state index in [4.69, 9.17) is 4.74 Å². The molecule has 0 fully saturated rings. The number of hydrogen-bond donors (Lipinski definition) is 2. The van der Waals surface area contributed by atoms with E-state index in [1.165, 1.54) is 11.3 Å². The number of likely N-dealkylation sites (N-methyl/N-ethyl adjacent to an activating group) is 1. The van der Waals surface area contributed by atoms with E-state index in [0.717, 1.165) is 31.3 Å². The van der Waals surface area contributed by atoms with Crippen LogP contribution in [0.3, 0.4) is 0 Å². The molecule has 0 unspecified atom stereocenters. The second kappa shape index (κ2) is 11.6. The Morgan fingerprint density at radius 2 is 1.72 bits per heavy atom. The number of benzene rings is 2. The summed E-state index contributed by atoms with van der Waals surface area (Å²) >= 11 is 0. The first kappa shape index (κ1) is 21.1. The van der Waals surface area contributed by atoms with E-state index in [-0.39, 0.29) is 24.0 Å². The second-order valence-corrected chi connectivity index (χ2v) is 5.46. The monoisotopic (exact) mass is 454 g/mol. The van der Waals surface area contributed by atoms with Gasteiger partial charge < -0.3 is 20.3 Å². The van der Waals surface area contributed by atoms with Gasteiger partial charge in [-0.15, -0.1) is 24.0 Å². The van der Waals surface area contributed by atoms with Crippen LogP contribution in [0.5, 0.6) is 5.75 Å².